The number of likely N-dealkylation sites (tertiary alicyclic amines) is 1. The van der Waals surface area contributed by atoms with Crippen LogP contribution in [0, 0.1) is 5.82 Å². The van der Waals surface area contributed by atoms with Gasteiger partial charge in [0, 0.05) is 36.7 Å². The Labute approximate surface area is 184 Å². The molecule has 0 spiro atoms. The number of carbonyl (C=O) groups excluding carboxylic acids is 1. The number of fused-ring (bicyclic) bond motifs is 1. The molecule has 2 fully saturated rings. The molecule has 5 heteroatoms. The lowest BCUT2D eigenvalue weighted by atomic mass is 9.97. The highest BCUT2D eigenvalue weighted by Gasteiger charge is 2.41. The summed E-state index contributed by atoms with van der Waals surface area (Å²) in [6.45, 7) is 0.758. The second-order valence-corrected chi connectivity index (χ2v) is 8.51. The van der Waals surface area contributed by atoms with Crippen molar-refractivity contribution >= 4 is 12.0 Å². The van der Waals surface area contributed by atoms with Crippen molar-refractivity contribution in [2.45, 2.75) is 56.7 Å². The van der Waals surface area contributed by atoms with E-state index in [1.807, 2.05) is 36.4 Å². The number of rotatable bonds is 6. The third-order valence-electron chi connectivity index (χ3n) is 6.55. The van der Waals surface area contributed by atoms with Gasteiger partial charge in [-0.1, -0.05) is 55.0 Å². The molecule has 4 rings (SSSR count). The van der Waals surface area contributed by atoms with E-state index in [-0.39, 0.29) is 29.8 Å². The van der Waals surface area contributed by atoms with Crippen LogP contribution in [0.5, 0.6) is 5.75 Å². The van der Waals surface area contributed by atoms with E-state index in [1.54, 1.807) is 13.2 Å². The van der Waals surface area contributed by atoms with E-state index in [0.29, 0.717) is 12.8 Å². The fraction of sp³-hybridized carbons (Fsp3) is 0.423. The minimum Gasteiger partial charge on any atom is -0.496 e. The van der Waals surface area contributed by atoms with Crippen molar-refractivity contribution in [3.63, 3.8) is 0 Å². The van der Waals surface area contributed by atoms with Gasteiger partial charge in [-0.05, 0) is 43.4 Å². The highest BCUT2D eigenvalue weighted by molar-refractivity contribution is 5.76. The lowest BCUT2D eigenvalue weighted by molar-refractivity contribution is -0.122. The molecule has 0 unspecified atom stereocenters. The van der Waals surface area contributed by atoms with Crippen LogP contribution in [0.3, 0.4) is 0 Å². The summed E-state index contributed by atoms with van der Waals surface area (Å²) in [7, 11) is 1.68. The van der Waals surface area contributed by atoms with E-state index in [2.05, 4.69) is 22.4 Å². The molecule has 1 amide bonds. The second-order valence-electron chi connectivity index (χ2n) is 8.51. The molecule has 2 heterocycles. The van der Waals surface area contributed by atoms with Gasteiger partial charge in [0.2, 0.25) is 5.91 Å². The Morgan fingerprint density at radius 2 is 1.97 bits per heavy atom. The molecular weight excluding hydrogens is 391 g/mol. The summed E-state index contributed by atoms with van der Waals surface area (Å²) in [5.74, 6) is 0.838. The normalized spacial score (nSPS) is 24.5. The van der Waals surface area contributed by atoms with Gasteiger partial charge < -0.3 is 10.1 Å². The van der Waals surface area contributed by atoms with Gasteiger partial charge >= 0.3 is 0 Å². The number of nitrogens with zero attached hydrogens (tertiary/aromatic N) is 1. The van der Waals surface area contributed by atoms with Gasteiger partial charge in [-0.3, -0.25) is 9.69 Å². The van der Waals surface area contributed by atoms with Crippen LogP contribution < -0.4 is 10.1 Å². The Morgan fingerprint density at radius 1 is 1.16 bits per heavy atom. The van der Waals surface area contributed by atoms with Crippen molar-refractivity contribution in [1.82, 2.24) is 10.2 Å². The highest BCUT2D eigenvalue weighted by Crippen LogP contribution is 2.32. The molecule has 3 atom stereocenters. The average molecular weight is 423 g/mol. The van der Waals surface area contributed by atoms with Crippen LogP contribution in [0.4, 0.5) is 4.39 Å². The molecule has 0 saturated carbocycles. The second kappa shape index (κ2) is 10.1. The molecule has 0 aromatic heterocycles. The molecule has 0 radical (unpaired) electrons. The number of carbonyl (C=O) groups is 1. The van der Waals surface area contributed by atoms with Gasteiger partial charge in [-0.2, -0.15) is 0 Å². The van der Waals surface area contributed by atoms with E-state index in [9.17, 15) is 9.18 Å². The Kier molecular flexibility index (Phi) is 7.03. The molecule has 2 saturated heterocycles. The first-order chi connectivity index (χ1) is 15.2. The van der Waals surface area contributed by atoms with Crippen LogP contribution in [0.25, 0.3) is 6.08 Å². The Morgan fingerprint density at radius 3 is 2.81 bits per heavy atom. The number of ether oxygens (including phenoxy) is 1. The largest absolute Gasteiger partial charge is 0.496 e. The minimum absolute atomic E-state index is 0.129. The van der Waals surface area contributed by atoms with Crippen molar-refractivity contribution in [2.75, 3.05) is 13.7 Å². The van der Waals surface area contributed by atoms with Crippen LogP contribution in [-0.4, -0.2) is 42.6 Å². The van der Waals surface area contributed by atoms with Crippen molar-refractivity contribution < 1.29 is 13.9 Å². The molecule has 31 heavy (non-hydrogen) atoms. The molecular formula is C26H31FN2O2. The predicted octanol–water partition coefficient (Wildman–Crippen LogP) is 4.59. The number of hydrogen-bond acceptors (Lipinski definition) is 3. The Balaban J connectivity index is 1.55. The number of hydrogen-bond donors (Lipinski definition) is 1. The predicted molar refractivity (Wildman–Crippen MR) is 121 cm³/mol. The van der Waals surface area contributed by atoms with Gasteiger partial charge in [0.05, 0.1) is 7.11 Å². The van der Waals surface area contributed by atoms with Crippen LogP contribution in [0.2, 0.25) is 0 Å². The standard InChI is InChI=1S/C26H31FN2O2/c1-31-25-14-6-3-9-19(25)11-8-16-29-21(17-20-10-2-4-12-22(20)27)18-23-24(29)13-5-7-15-26(30)28-23/h2-4,6,8-12,14,21,23-24H,5,7,13,15-18H2,1H3,(H,28,30)/t21-,23+,24-/m1/s1. The van der Waals surface area contributed by atoms with Crippen LogP contribution >= 0.6 is 0 Å². The quantitative estimate of drug-likeness (QED) is 0.740. The molecule has 2 aliphatic heterocycles. The molecule has 0 aliphatic carbocycles. The maximum absolute atomic E-state index is 14.4. The van der Waals surface area contributed by atoms with E-state index in [0.717, 1.165) is 49.1 Å². The van der Waals surface area contributed by atoms with E-state index >= 15 is 0 Å². The Hall–Kier alpha value is -2.66. The van der Waals surface area contributed by atoms with Crippen molar-refractivity contribution in [3.05, 3.63) is 71.6 Å². The monoisotopic (exact) mass is 422 g/mol. The zero-order chi connectivity index (χ0) is 21.6. The molecule has 2 aromatic rings. The van der Waals surface area contributed by atoms with E-state index < -0.39 is 0 Å². The van der Waals surface area contributed by atoms with Gasteiger partial charge in [0.1, 0.15) is 11.6 Å². The first-order valence-electron chi connectivity index (χ1n) is 11.2. The van der Waals surface area contributed by atoms with Gasteiger partial charge in [0.15, 0.2) is 0 Å². The summed E-state index contributed by atoms with van der Waals surface area (Å²) < 4.78 is 19.8. The third-order valence-corrected chi connectivity index (χ3v) is 6.55. The van der Waals surface area contributed by atoms with Gasteiger partial charge in [-0.15, -0.1) is 0 Å². The smallest absolute Gasteiger partial charge is 0.220 e. The maximum atomic E-state index is 14.4. The number of benzene rings is 2. The maximum Gasteiger partial charge on any atom is 0.220 e. The number of para-hydroxylation sites is 1. The van der Waals surface area contributed by atoms with Crippen molar-refractivity contribution in [1.29, 1.82) is 0 Å². The fourth-order valence-electron chi connectivity index (χ4n) is 5.04. The number of methoxy groups -OCH3 is 1. The lowest BCUT2D eigenvalue weighted by Gasteiger charge is -2.32. The molecule has 0 bridgehead atoms. The summed E-state index contributed by atoms with van der Waals surface area (Å²) >= 11 is 0. The lowest BCUT2D eigenvalue weighted by Crippen LogP contribution is -2.46. The molecule has 164 valence electrons. The first-order valence-corrected chi connectivity index (χ1v) is 11.2. The Bertz CT molecular complexity index is 929. The number of nitrogens with one attached hydrogen (secondary N) is 1. The zero-order valence-electron chi connectivity index (χ0n) is 18.1. The zero-order valence-corrected chi connectivity index (χ0v) is 18.1. The van der Waals surface area contributed by atoms with E-state index in [4.69, 9.17) is 4.74 Å². The first kappa shape index (κ1) is 21.6. The number of halogens is 1. The van der Waals surface area contributed by atoms with Gasteiger partial charge in [0.25, 0.3) is 0 Å². The highest BCUT2D eigenvalue weighted by atomic mass is 19.1. The fourth-order valence-corrected chi connectivity index (χ4v) is 5.04. The molecule has 2 aromatic carbocycles. The van der Waals surface area contributed by atoms with Crippen molar-refractivity contribution in [2.24, 2.45) is 0 Å². The summed E-state index contributed by atoms with van der Waals surface area (Å²) in [6.07, 6.45) is 9.40. The molecule has 4 nitrogen and oxygen atoms in total. The molecule has 1 N–H and O–H groups in total. The third kappa shape index (κ3) is 5.16. The minimum atomic E-state index is -0.152. The summed E-state index contributed by atoms with van der Waals surface area (Å²) in [5, 5.41) is 3.25. The number of amides is 1. The van der Waals surface area contributed by atoms with Crippen molar-refractivity contribution in [3.8, 4) is 5.75 Å². The SMILES string of the molecule is COc1ccccc1C=CCN1[C@H](Cc2ccccc2F)C[C@@H]2NC(=O)CCCC[C@H]21. The van der Waals surface area contributed by atoms with Crippen LogP contribution in [-0.2, 0) is 11.2 Å². The van der Waals surface area contributed by atoms with Gasteiger partial charge in [-0.25, -0.2) is 4.39 Å². The average Bonchev–Trinajstić information content (AvgIpc) is 3.06. The molecule has 2 aliphatic rings. The summed E-state index contributed by atoms with van der Waals surface area (Å²) in [5.41, 5.74) is 1.78. The summed E-state index contributed by atoms with van der Waals surface area (Å²) in [4.78, 5) is 14.7. The van der Waals surface area contributed by atoms with Crippen LogP contribution in [0.1, 0.15) is 43.2 Å². The summed E-state index contributed by atoms with van der Waals surface area (Å²) in [6, 6.07) is 15.6. The van der Waals surface area contributed by atoms with E-state index in [1.165, 1.54) is 6.07 Å². The van der Waals surface area contributed by atoms with Crippen LogP contribution in [0.15, 0.2) is 54.6 Å². The topological polar surface area (TPSA) is 41.6 Å².